The number of nitrogens with zero attached hydrogens (tertiary/aromatic N) is 1. The molecule has 168 valence electrons. The van der Waals surface area contributed by atoms with Gasteiger partial charge in [-0.3, -0.25) is 19.4 Å². The number of nitrogens with one attached hydrogen (secondary N) is 3. The van der Waals surface area contributed by atoms with Crippen molar-refractivity contribution in [1.29, 1.82) is 0 Å². The van der Waals surface area contributed by atoms with Gasteiger partial charge >= 0.3 is 0 Å². The molecule has 31 heavy (non-hydrogen) atoms. The molecule has 3 amide bonds. The Labute approximate surface area is 189 Å². The van der Waals surface area contributed by atoms with Gasteiger partial charge in [-0.05, 0) is 68.6 Å². The minimum atomic E-state index is -0.211. The van der Waals surface area contributed by atoms with Crippen LogP contribution >= 0.6 is 11.3 Å². The van der Waals surface area contributed by atoms with E-state index < -0.39 is 0 Å². The van der Waals surface area contributed by atoms with Crippen LogP contribution in [0, 0.1) is 17.8 Å². The van der Waals surface area contributed by atoms with Crippen molar-refractivity contribution < 1.29 is 18.7 Å². The first-order valence-corrected chi connectivity index (χ1v) is 11.8. The number of hydrogen-bond donors (Lipinski definition) is 3. The standard InChI is InChI=1S/C23H26N4O3S.3H2/c28-20(14-3-4-14)27-23-19(22(30)25-12-13-1-2-13)17-11-15(5-6-18(17)31-23)21(29)26-16-7-9-24-10-8-16;;;/h7-10,13-15H,1-6,11-12H2,(H,25,30)(H,27,28)(H,24,26,29);3*1H. The Morgan fingerprint density at radius 1 is 1.00 bits per heavy atom. The number of aromatic nitrogens is 1. The molecule has 0 spiro atoms. The average molecular weight is 445 g/mol. The molecule has 0 bridgehead atoms. The van der Waals surface area contributed by atoms with Gasteiger partial charge in [0.1, 0.15) is 5.00 Å². The lowest BCUT2D eigenvalue weighted by molar-refractivity contribution is -0.120. The van der Waals surface area contributed by atoms with Crippen molar-refractivity contribution in [3.05, 3.63) is 40.5 Å². The summed E-state index contributed by atoms with van der Waals surface area (Å²) in [4.78, 5) is 43.5. The summed E-state index contributed by atoms with van der Waals surface area (Å²) >= 11 is 1.50. The van der Waals surface area contributed by atoms with Crippen molar-refractivity contribution in [2.24, 2.45) is 17.8 Å². The van der Waals surface area contributed by atoms with Gasteiger partial charge in [-0.1, -0.05) is 0 Å². The van der Waals surface area contributed by atoms with E-state index in [0.717, 1.165) is 54.7 Å². The molecule has 5 rings (SSSR count). The Morgan fingerprint density at radius 2 is 1.74 bits per heavy atom. The van der Waals surface area contributed by atoms with Crippen molar-refractivity contribution in [2.45, 2.75) is 44.9 Å². The Hall–Kier alpha value is -2.74. The predicted octanol–water partition coefficient (Wildman–Crippen LogP) is 4.11. The molecule has 8 heteroatoms. The monoisotopic (exact) mass is 444 g/mol. The first-order chi connectivity index (χ1) is 15.1. The molecule has 3 aliphatic carbocycles. The average Bonchev–Trinajstić information content (AvgIpc) is 3.68. The Bertz CT molecular complexity index is 1030. The number of fused-ring (bicyclic) bond motifs is 1. The van der Waals surface area contributed by atoms with Crippen LogP contribution in [-0.2, 0) is 22.4 Å². The third-order valence-electron chi connectivity index (χ3n) is 6.24. The highest BCUT2D eigenvalue weighted by atomic mass is 32.1. The zero-order valence-electron chi connectivity index (χ0n) is 17.3. The third kappa shape index (κ3) is 4.63. The molecule has 2 aromatic rings. The molecule has 2 fully saturated rings. The van der Waals surface area contributed by atoms with Crippen LogP contribution in [0.1, 0.15) is 57.2 Å². The number of aryl methyl sites for hydroxylation is 1. The molecule has 0 saturated heterocycles. The molecular formula is C23H32N4O3S. The fourth-order valence-electron chi connectivity index (χ4n) is 4.02. The van der Waals surface area contributed by atoms with Crippen molar-refractivity contribution in [1.82, 2.24) is 10.3 Å². The molecule has 7 nitrogen and oxygen atoms in total. The van der Waals surface area contributed by atoms with Gasteiger partial charge in [-0.2, -0.15) is 0 Å². The number of hydrogen-bond acceptors (Lipinski definition) is 5. The molecule has 0 aliphatic heterocycles. The largest absolute Gasteiger partial charge is 0.352 e. The van der Waals surface area contributed by atoms with Crippen LogP contribution in [0.4, 0.5) is 10.7 Å². The molecular weight excluding hydrogens is 412 g/mol. The SMILES string of the molecule is O=C(NCC1CC1)c1c(NC(=O)C2CC2)sc2c1CC(C(=O)Nc1ccncc1)CC2.[HH].[HH].[HH]. The molecule has 1 unspecified atom stereocenters. The summed E-state index contributed by atoms with van der Waals surface area (Å²) in [5.41, 5.74) is 2.21. The highest BCUT2D eigenvalue weighted by Crippen LogP contribution is 2.41. The van der Waals surface area contributed by atoms with E-state index >= 15 is 0 Å². The summed E-state index contributed by atoms with van der Waals surface area (Å²) in [5, 5.41) is 9.66. The van der Waals surface area contributed by atoms with Gasteiger partial charge in [0, 0.05) is 45.6 Å². The summed E-state index contributed by atoms with van der Waals surface area (Å²) in [5.74, 6) is 0.253. The van der Waals surface area contributed by atoms with Crippen LogP contribution in [0.25, 0.3) is 0 Å². The predicted molar refractivity (Wildman–Crippen MR) is 125 cm³/mol. The number of carbonyl (C=O) groups excluding carboxylic acids is 3. The first kappa shape index (κ1) is 20.2. The summed E-state index contributed by atoms with van der Waals surface area (Å²) in [7, 11) is 0. The van der Waals surface area contributed by atoms with Crippen molar-refractivity contribution >= 4 is 39.7 Å². The van der Waals surface area contributed by atoms with E-state index in [1.807, 2.05) is 0 Å². The lowest BCUT2D eigenvalue weighted by Crippen LogP contribution is -2.31. The molecule has 3 N–H and O–H groups in total. The van der Waals surface area contributed by atoms with Gasteiger partial charge in [0.15, 0.2) is 0 Å². The minimum absolute atomic E-state index is 0. The molecule has 0 aromatic carbocycles. The third-order valence-corrected chi connectivity index (χ3v) is 7.45. The summed E-state index contributed by atoms with van der Waals surface area (Å²) in [6, 6.07) is 3.53. The Kier molecular flexibility index (Phi) is 5.48. The second-order valence-electron chi connectivity index (χ2n) is 8.79. The van der Waals surface area contributed by atoms with Crippen LogP contribution in [0.5, 0.6) is 0 Å². The first-order valence-electron chi connectivity index (χ1n) is 11.0. The number of carbonyl (C=O) groups is 3. The van der Waals surface area contributed by atoms with E-state index in [4.69, 9.17) is 0 Å². The maximum absolute atomic E-state index is 13.1. The second-order valence-corrected chi connectivity index (χ2v) is 9.89. The van der Waals surface area contributed by atoms with E-state index in [1.165, 1.54) is 11.3 Å². The number of thiophene rings is 1. The number of anilines is 2. The lowest BCUT2D eigenvalue weighted by atomic mass is 9.85. The summed E-state index contributed by atoms with van der Waals surface area (Å²) < 4.78 is 0. The van der Waals surface area contributed by atoms with Crippen LogP contribution in [0.2, 0.25) is 0 Å². The van der Waals surface area contributed by atoms with Gasteiger partial charge < -0.3 is 16.0 Å². The fourth-order valence-corrected chi connectivity index (χ4v) is 5.27. The van der Waals surface area contributed by atoms with Crippen LogP contribution in [0.15, 0.2) is 24.5 Å². The highest BCUT2D eigenvalue weighted by molar-refractivity contribution is 7.17. The molecule has 2 heterocycles. The maximum atomic E-state index is 13.1. The van der Waals surface area contributed by atoms with E-state index in [-0.39, 0.29) is 33.8 Å². The molecule has 1 atom stereocenters. The van der Waals surface area contributed by atoms with Gasteiger partial charge in [0.25, 0.3) is 5.91 Å². The topological polar surface area (TPSA) is 100 Å². The summed E-state index contributed by atoms with van der Waals surface area (Å²) in [6.45, 7) is 0.672. The van der Waals surface area contributed by atoms with Crippen molar-refractivity contribution in [3.63, 3.8) is 0 Å². The molecule has 0 radical (unpaired) electrons. The van der Waals surface area contributed by atoms with E-state index in [9.17, 15) is 14.4 Å². The maximum Gasteiger partial charge on any atom is 0.254 e. The smallest absolute Gasteiger partial charge is 0.254 e. The zero-order valence-corrected chi connectivity index (χ0v) is 18.1. The Morgan fingerprint density at radius 3 is 2.45 bits per heavy atom. The minimum Gasteiger partial charge on any atom is -0.352 e. The normalized spacial score (nSPS) is 19.9. The number of amides is 3. The lowest BCUT2D eigenvalue weighted by Gasteiger charge is -2.22. The van der Waals surface area contributed by atoms with Crippen molar-refractivity contribution in [2.75, 3.05) is 17.2 Å². The van der Waals surface area contributed by atoms with Gasteiger partial charge in [0.2, 0.25) is 11.8 Å². The number of rotatable bonds is 7. The van der Waals surface area contributed by atoms with Crippen LogP contribution in [0.3, 0.4) is 0 Å². The van der Waals surface area contributed by atoms with Crippen LogP contribution < -0.4 is 16.0 Å². The van der Waals surface area contributed by atoms with E-state index in [2.05, 4.69) is 20.9 Å². The highest BCUT2D eigenvalue weighted by Gasteiger charge is 2.35. The van der Waals surface area contributed by atoms with Gasteiger partial charge in [-0.25, -0.2) is 0 Å². The number of pyridine rings is 1. The quantitative estimate of drug-likeness (QED) is 0.598. The van der Waals surface area contributed by atoms with Crippen LogP contribution in [-0.4, -0.2) is 29.3 Å². The van der Waals surface area contributed by atoms with E-state index in [0.29, 0.717) is 29.4 Å². The molecule has 3 aliphatic rings. The molecule has 2 saturated carbocycles. The Balaban J connectivity index is 0.00000136. The summed E-state index contributed by atoms with van der Waals surface area (Å²) in [6.07, 6.45) is 9.40. The fraction of sp³-hybridized carbons (Fsp3) is 0.478. The second kappa shape index (κ2) is 8.42. The van der Waals surface area contributed by atoms with E-state index in [1.54, 1.807) is 24.5 Å². The van der Waals surface area contributed by atoms with Crippen molar-refractivity contribution in [3.8, 4) is 0 Å². The van der Waals surface area contributed by atoms with Gasteiger partial charge in [-0.15, -0.1) is 11.3 Å². The molecule has 2 aromatic heterocycles. The van der Waals surface area contributed by atoms with Gasteiger partial charge in [0.05, 0.1) is 5.56 Å². The zero-order chi connectivity index (χ0) is 21.4.